The molecule has 140 valence electrons. The fourth-order valence-electron chi connectivity index (χ4n) is 5.80. The van der Waals surface area contributed by atoms with Crippen LogP contribution in [-0.4, -0.2) is 21.1 Å². The lowest BCUT2D eigenvalue weighted by atomic mass is 9.82. The van der Waals surface area contributed by atoms with Gasteiger partial charge in [-0.3, -0.25) is 4.57 Å². The monoisotopic (exact) mass is 359 g/mol. The van der Waals surface area contributed by atoms with Gasteiger partial charge in [-0.2, -0.15) is 0 Å². The van der Waals surface area contributed by atoms with Crippen LogP contribution in [0.15, 0.2) is 36.4 Å². The van der Waals surface area contributed by atoms with Crippen molar-refractivity contribution in [2.24, 2.45) is 5.41 Å². The van der Waals surface area contributed by atoms with Crippen molar-refractivity contribution in [1.29, 1.82) is 0 Å². The standard InChI is InChI=1S/C24H29N3/c1-15-11-12-19-17(13-21-25-18-9-7-8-10-20(18)26(19)21)22(15)27-16(2)23(3,4)14-24(27,5)6/h7-12,16H,13-14H2,1-6H3. The number of para-hydroxylation sites is 2. The van der Waals surface area contributed by atoms with Gasteiger partial charge in [-0.05, 0) is 63.3 Å². The van der Waals surface area contributed by atoms with E-state index in [1.165, 1.54) is 40.3 Å². The van der Waals surface area contributed by atoms with Crippen molar-refractivity contribution in [3.05, 3.63) is 53.3 Å². The quantitative estimate of drug-likeness (QED) is 0.438. The first-order valence-corrected chi connectivity index (χ1v) is 10.1. The molecule has 0 saturated carbocycles. The number of fused-ring (bicyclic) bond motifs is 5. The molecule has 3 heteroatoms. The average molecular weight is 360 g/mol. The first-order valence-electron chi connectivity index (χ1n) is 10.1. The van der Waals surface area contributed by atoms with Gasteiger partial charge in [0.1, 0.15) is 5.82 Å². The zero-order chi connectivity index (χ0) is 19.1. The lowest BCUT2D eigenvalue weighted by Gasteiger charge is -2.40. The number of nitrogens with zero attached hydrogens (tertiary/aromatic N) is 3. The highest BCUT2D eigenvalue weighted by atomic mass is 15.3. The van der Waals surface area contributed by atoms with E-state index in [4.69, 9.17) is 4.98 Å². The summed E-state index contributed by atoms with van der Waals surface area (Å²) in [5.41, 5.74) is 8.33. The molecule has 0 bridgehead atoms. The van der Waals surface area contributed by atoms with Crippen LogP contribution in [0.5, 0.6) is 0 Å². The molecule has 2 aromatic carbocycles. The van der Waals surface area contributed by atoms with Gasteiger partial charge in [0.25, 0.3) is 0 Å². The summed E-state index contributed by atoms with van der Waals surface area (Å²) >= 11 is 0. The molecule has 2 aliphatic rings. The van der Waals surface area contributed by atoms with E-state index in [2.05, 4.69) is 87.4 Å². The zero-order valence-corrected chi connectivity index (χ0v) is 17.3. The van der Waals surface area contributed by atoms with Gasteiger partial charge in [-0.1, -0.05) is 32.0 Å². The van der Waals surface area contributed by atoms with E-state index in [9.17, 15) is 0 Å². The number of rotatable bonds is 1. The largest absolute Gasteiger partial charge is 0.363 e. The Bertz CT molecular complexity index is 1070. The number of benzene rings is 2. The zero-order valence-electron chi connectivity index (χ0n) is 17.3. The van der Waals surface area contributed by atoms with Crippen LogP contribution < -0.4 is 4.90 Å². The minimum absolute atomic E-state index is 0.148. The second-order valence-electron chi connectivity index (χ2n) is 9.78. The van der Waals surface area contributed by atoms with E-state index in [1.54, 1.807) is 0 Å². The highest BCUT2D eigenvalue weighted by Gasteiger charge is 2.49. The summed E-state index contributed by atoms with van der Waals surface area (Å²) in [5, 5.41) is 0. The van der Waals surface area contributed by atoms with Crippen LogP contribution in [0.25, 0.3) is 16.7 Å². The molecule has 3 aromatic rings. The van der Waals surface area contributed by atoms with Crippen LogP contribution in [-0.2, 0) is 6.42 Å². The molecule has 0 spiro atoms. The van der Waals surface area contributed by atoms with Gasteiger partial charge in [0.15, 0.2) is 0 Å². The maximum atomic E-state index is 4.93. The van der Waals surface area contributed by atoms with Crippen LogP contribution in [0.2, 0.25) is 0 Å². The molecule has 1 saturated heterocycles. The molecular weight excluding hydrogens is 330 g/mol. The second-order valence-corrected chi connectivity index (χ2v) is 9.78. The number of aromatic nitrogens is 2. The summed E-state index contributed by atoms with van der Waals surface area (Å²) in [6.45, 7) is 14.3. The Kier molecular flexibility index (Phi) is 3.22. The van der Waals surface area contributed by atoms with Gasteiger partial charge in [-0.25, -0.2) is 4.98 Å². The molecule has 1 fully saturated rings. The molecule has 0 radical (unpaired) electrons. The van der Waals surface area contributed by atoms with Crippen molar-refractivity contribution in [2.75, 3.05) is 4.90 Å². The van der Waals surface area contributed by atoms with Crippen LogP contribution in [0.4, 0.5) is 5.69 Å². The van der Waals surface area contributed by atoms with Crippen LogP contribution >= 0.6 is 0 Å². The van der Waals surface area contributed by atoms with E-state index in [1.807, 2.05) is 0 Å². The maximum absolute atomic E-state index is 4.93. The van der Waals surface area contributed by atoms with Gasteiger partial charge < -0.3 is 4.90 Å². The molecular formula is C24H29N3. The molecule has 3 heterocycles. The lowest BCUT2D eigenvalue weighted by molar-refractivity contribution is 0.329. The summed E-state index contributed by atoms with van der Waals surface area (Å²) in [5.74, 6) is 1.17. The number of imidazole rings is 1. The smallest absolute Gasteiger partial charge is 0.119 e. The predicted octanol–water partition coefficient (Wildman–Crippen LogP) is 5.64. The third-order valence-electron chi connectivity index (χ3n) is 6.97. The summed E-state index contributed by atoms with van der Waals surface area (Å²) in [6.07, 6.45) is 2.12. The average Bonchev–Trinajstić information content (AvgIpc) is 3.15. The Morgan fingerprint density at radius 2 is 1.78 bits per heavy atom. The normalized spacial score (nSPS) is 22.3. The summed E-state index contributed by atoms with van der Waals surface area (Å²) < 4.78 is 2.37. The Morgan fingerprint density at radius 3 is 2.48 bits per heavy atom. The summed E-state index contributed by atoms with van der Waals surface area (Å²) in [7, 11) is 0. The van der Waals surface area contributed by atoms with Crippen molar-refractivity contribution in [3.8, 4) is 5.69 Å². The highest BCUT2D eigenvalue weighted by Crippen LogP contribution is 2.51. The molecule has 3 nitrogen and oxygen atoms in total. The molecule has 2 aliphatic heterocycles. The summed E-state index contributed by atoms with van der Waals surface area (Å²) in [6, 6.07) is 13.6. The van der Waals surface area contributed by atoms with Crippen molar-refractivity contribution in [1.82, 2.24) is 9.55 Å². The number of anilines is 1. The van der Waals surface area contributed by atoms with E-state index < -0.39 is 0 Å². The van der Waals surface area contributed by atoms with Gasteiger partial charge >= 0.3 is 0 Å². The fourth-order valence-corrected chi connectivity index (χ4v) is 5.80. The first-order chi connectivity index (χ1) is 12.7. The third kappa shape index (κ3) is 2.17. The van der Waals surface area contributed by atoms with E-state index >= 15 is 0 Å². The van der Waals surface area contributed by atoms with Gasteiger partial charge in [0, 0.05) is 29.3 Å². The molecule has 27 heavy (non-hydrogen) atoms. The molecule has 1 unspecified atom stereocenters. The Hall–Kier alpha value is -2.29. The molecule has 5 rings (SSSR count). The van der Waals surface area contributed by atoms with Crippen LogP contribution in [0.1, 0.15) is 58.0 Å². The van der Waals surface area contributed by atoms with E-state index in [0.29, 0.717) is 11.5 Å². The van der Waals surface area contributed by atoms with Gasteiger partial charge in [-0.15, -0.1) is 0 Å². The summed E-state index contributed by atoms with van der Waals surface area (Å²) in [4.78, 5) is 7.64. The number of aryl methyl sites for hydroxylation is 1. The van der Waals surface area contributed by atoms with E-state index in [-0.39, 0.29) is 5.54 Å². The minimum Gasteiger partial charge on any atom is -0.363 e. The van der Waals surface area contributed by atoms with Crippen molar-refractivity contribution < 1.29 is 0 Å². The lowest BCUT2D eigenvalue weighted by Crippen LogP contribution is -2.44. The third-order valence-corrected chi connectivity index (χ3v) is 6.97. The van der Waals surface area contributed by atoms with E-state index in [0.717, 1.165) is 11.9 Å². The van der Waals surface area contributed by atoms with Gasteiger partial charge in [0.05, 0.1) is 16.7 Å². The minimum atomic E-state index is 0.148. The number of hydrogen-bond donors (Lipinski definition) is 0. The van der Waals surface area contributed by atoms with Crippen molar-refractivity contribution in [3.63, 3.8) is 0 Å². The highest BCUT2D eigenvalue weighted by molar-refractivity contribution is 5.82. The molecule has 0 aliphatic carbocycles. The molecule has 0 amide bonds. The van der Waals surface area contributed by atoms with Gasteiger partial charge in [0.2, 0.25) is 0 Å². The van der Waals surface area contributed by atoms with Crippen molar-refractivity contribution >= 4 is 16.7 Å². The SMILES string of the molecule is Cc1ccc2c(c1N1C(C)C(C)(C)CC1(C)C)Cc1nc3ccccc3n1-2. The maximum Gasteiger partial charge on any atom is 0.119 e. The molecule has 1 aromatic heterocycles. The topological polar surface area (TPSA) is 21.1 Å². The Balaban J connectivity index is 1.74. The molecule has 0 N–H and O–H groups in total. The van der Waals surface area contributed by atoms with Crippen LogP contribution in [0, 0.1) is 12.3 Å². The molecule has 1 atom stereocenters. The predicted molar refractivity (Wildman–Crippen MR) is 113 cm³/mol. The second kappa shape index (κ2) is 5.15. The van der Waals surface area contributed by atoms with Crippen molar-refractivity contribution in [2.45, 2.75) is 66.0 Å². The first kappa shape index (κ1) is 16.9. The Morgan fingerprint density at radius 1 is 1.04 bits per heavy atom. The Labute approximate surface area is 162 Å². The number of hydrogen-bond acceptors (Lipinski definition) is 2. The fraction of sp³-hybridized carbons (Fsp3) is 0.458. The van der Waals surface area contributed by atoms with Crippen LogP contribution in [0.3, 0.4) is 0 Å².